The number of aliphatic carboxylic acids is 1. The van der Waals surface area contributed by atoms with E-state index in [2.05, 4.69) is 10.6 Å². The zero-order valence-electron chi connectivity index (χ0n) is 17.9. The molecule has 0 saturated carbocycles. The van der Waals surface area contributed by atoms with E-state index < -0.39 is 47.9 Å². The van der Waals surface area contributed by atoms with Crippen molar-refractivity contribution in [1.82, 2.24) is 16.1 Å². The Bertz CT molecular complexity index is 566. The van der Waals surface area contributed by atoms with Crippen molar-refractivity contribution in [2.75, 3.05) is 13.2 Å². The standard InChI is InChI=1S/C18H33N3O8/c1-17(2,3)28-15(25)20-12(14(23)24)9-7-8-10-19-13(22)11-27-21-16(26)29-18(4,5)6/h12H,7-11H2,1-6H3,(H,19,22)(H,20,25)(H,21,26)(H,23,24)/t12-/m0/s1. The molecule has 3 amide bonds. The van der Waals surface area contributed by atoms with Crippen LogP contribution < -0.4 is 16.1 Å². The molecule has 0 spiro atoms. The van der Waals surface area contributed by atoms with Crippen LogP contribution in [0.15, 0.2) is 0 Å². The Hall–Kier alpha value is -2.56. The molecule has 0 aliphatic carbocycles. The van der Waals surface area contributed by atoms with Crippen LogP contribution in [0.4, 0.5) is 9.59 Å². The molecular weight excluding hydrogens is 386 g/mol. The maximum atomic E-state index is 11.7. The summed E-state index contributed by atoms with van der Waals surface area (Å²) in [5.74, 6) is -1.62. The number of carboxylic acid groups (broad SMARTS) is 1. The van der Waals surface area contributed by atoms with E-state index in [-0.39, 0.29) is 13.0 Å². The highest BCUT2D eigenvalue weighted by atomic mass is 16.7. The van der Waals surface area contributed by atoms with Crippen molar-refractivity contribution < 1.29 is 38.6 Å². The van der Waals surface area contributed by atoms with Crippen LogP contribution in [-0.4, -0.2) is 59.6 Å². The van der Waals surface area contributed by atoms with E-state index >= 15 is 0 Å². The van der Waals surface area contributed by atoms with Crippen LogP contribution >= 0.6 is 0 Å². The predicted molar refractivity (Wildman–Crippen MR) is 103 cm³/mol. The number of hydrogen-bond donors (Lipinski definition) is 4. The van der Waals surface area contributed by atoms with Gasteiger partial charge in [-0.3, -0.25) is 9.63 Å². The molecule has 0 aromatic heterocycles. The highest BCUT2D eigenvalue weighted by molar-refractivity contribution is 5.80. The average Bonchev–Trinajstić information content (AvgIpc) is 2.49. The van der Waals surface area contributed by atoms with Crippen LogP contribution in [0.1, 0.15) is 60.8 Å². The first-order chi connectivity index (χ1) is 13.2. The summed E-state index contributed by atoms with van der Waals surface area (Å²) < 4.78 is 9.97. The van der Waals surface area contributed by atoms with Gasteiger partial charge in [-0.2, -0.15) is 5.48 Å². The van der Waals surface area contributed by atoms with E-state index in [1.54, 1.807) is 41.5 Å². The molecule has 11 nitrogen and oxygen atoms in total. The number of amides is 3. The van der Waals surface area contributed by atoms with E-state index in [1.807, 2.05) is 5.48 Å². The normalized spacial score (nSPS) is 12.5. The molecule has 0 heterocycles. The van der Waals surface area contributed by atoms with Gasteiger partial charge in [0.1, 0.15) is 17.2 Å². The molecule has 0 fully saturated rings. The van der Waals surface area contributed by atoms with Crippen LogP contribution in [0.2, 0.25) is 0 Å². The molecule has 0 aliphatic rings. The van der Waals surface area contributed by atoms with Crippen molar-refractivity contribution in [3.05, 3.63) is 0 Å². The quantitative estimate of drug-likeness (QED) is 0.308. The van der Waals surface area contributed by atoms with Gasteiger partial charge in [0.15, 0.2) is 6.61 Å². The van der Waals surface area contributed by atoms with Gasteiger partial charge in [-0.1, -0.05) is 0 Å². The van der Waals surface area contributed by atoms with Gasteiger partial charge in [0, 0.05) is 6.54 Å². The fourth-order valence-electron chi connectivity index (χ4n) is 1.92. The lowest BCUT2D eigenvalue weighted by molar-refractivity contribution is -0.139. The molecule has 0 bridgehead atoms. The van der Waals surface area contributed by atoms with E-state index in [0.717, 1.165) is 0 Å². The zero-order valence-corrected chi connectivity index (χ0v) is 17.9. The third-order valence-electron chi connectivity index (χ3n) is 2.99. The first-order valence-corrected chi connectivity index (χ1v) is 9.29. The van der Waals surface area contributed by atoms with Gasteiger partial charge in [-0.05, 0) is 60.8 Å². The van der Waals surface area contributed by atoms with Gasteiger partial charge in [0.2, 0.25) is 5.91 Å². The summed E-state index contributed by atoms with van der Waals surface area (Å²) in [7, 11) is 0. The van der Waals surface area contributed by atoms with Crippen molar-refractivity contribution in [3.8, 4) is 0 Å². The fraction of sp³-hybridized carbons (Fsp3) is 0.778. The monoisotopic (exact) mass is 419 g/mol. The van der Waals surface area contributed by atoms with E-state index in [1.165, 1.54) is 0 Å². The van der Waals surface area contributed by atoms with E-state index in [4.69, 9.17) is 14.3 Å². The Morgan fingerprint density at radius 2 is 1.45 bits per heavy atom. The molecule has 0 aliphatic heterocycles. The summed E-state index contributed by atoms with van der Waals surface area (Å²) >= 11 is 0. The number of ether oxygens (including phenoxy) is 2. The van der Waals surface area contributed by atoms with Crippen LogP contribution in [0.3, 0.4) is 0 Å². The number of nitrogens with one attached hydrogen (secondary N) is 3. The van der Waals surface area contributed by atoms with Gasteiger partial charge in [-0.15, -0.1) is 0 Å². The lowest BCUT2D eigenvalue weighted by Gasteiger charge is -2.22. The third-order valence-corrected chi connectivity index (χ3v) is 2.99. The minimum Gasteiger partial charge on any atom is -0.480 e. The number of hydroxylamine groups is 1. The average molecular weight is 419 g/mol. The molecule has 0 radical (unpaired) electrons. The minimum atomic E-state index is -1.17. The first-order valence-electron chi connectivity index (χ1n) is 9.29. The summed E-state index contributed by atoms with van der Waals surface area (Å²) in [5.41, 5.74) is 0.591. The molecule has 11 heteroatoms. The molecule has 4 N–H and O–H groups in total. The fourth-order valence-corrected chi connectivity index (χ4v) is 1.92. The Labute approximate surface area is 170 Å². The summed E-state index contributed by atoms with van der Waals surface area (Å²) in [5, 5.41) is 14.0. The second-order valence-corrected chi connectivity index (χ2v) is 8.28. The Morgan fingerprint density at radius 3 is 1.97 bits per heavy atom. The number of alkyl carbamates (subject to hydrolysis) is 1. The van der Waals surface area contributed by atoms with Crippen molar-refractivity contribution in [2.24, 2.45) is 0 Å². The van der Waals surface area contributed by atoms with Crippen molar-refractivity contribution in [3.63, 3.8) is 0 Å². The predicted octanol–water partition coefficient (Wildman–Crippen LogP) is 1.71. The van der Waals surface area contributed by atoms with Crippen LogP contribution in [-0.2, 0) is 23.9 Å². The number of unbranched alkanes of at least 4 members (excludes halogenated alkanes) is 1. The molecule has 0 aromatic carbocycles. The van der Waals surface area contributed by atoms with Crippen molar-refractivity contribution in [1.29, 1.82) is 0 Å². The molecule has 0 rings (SSSR count). The zero-order chi connectivity index (χ0) is 22.7. The van der Waals surface area contributed by atoms with Gasteiger partial charge in [-0.25, -0.2) is 14.4 Å². The molecular formula is C18H33N3O8. The van der Waals surface area contributed by atoms with Crippen LogP contribution in [0.25, 0.3) is 0 Å². The number of hydrogen-bond acceptors (Lipinski definition) is 7. The smallest absolute Gasteiger partial charge is 0.431 e. The van der Waals surface area contributed by atoms with Crippen molar-refractivity contribution >= 4 is 24.1 Å². The van der Waals surface area contributed by atoms with Gasteiger partial charge in [0.05, 0.1) is 0 Å². The molecule has 0 saturated heterocycles. The Balaban J connectivity index is 3.99. The third kappa shape index (κ3) is 16.1. The van der Waals surface area contributed by atoms with Gasteiger partial charge >= 0.3 is 18.2 Å². The van der Waals surface area contributed by atoms with E-state index in [0.29, 0.717) is 12.8 Å². The summed E-state index contributed by atoms with van der Waals surface area (Å²) in [6.07, 6.45) is -0.480. The highest BCUT2D eigenvalue weighted by Gasteiger charge is 2.23. The number of carboxylic acids is 1. The first kappa shape index (κ1) is 26.4. The Morgan fingerprint density at radius 1 is 0.897 bits per heavy atom. The molecule has 0 unspecified atom stereocenters. The lowest BCUT2D eigenvalue weighted by Crippen LogP contribution is -2.43. The van der Waals surface area contributed by atoms with Crippen LogP contribution in [0, 0.1) is 0 Å². The second-order valence-electron chi connectivity index (χ2n) is 8.28. The summed E-state index contributed by atoms with van der Waals surface area (Å²) in [6.45, 7) is 10.0. The van der Waals surface area contributed by atoms with Gasteiger partial charge in [0.25, 0.3) is 0 Å². The maximum absolute atomic E-state index is 11.7. The number of carbonyl (C=O) groups excluding carboxylic acids is 3. The topological polar surface area (TPSA) is 152 Å². The van der Waals surface area contributed by atoms with Gasteiger partial charge < -0.3 is 25.2 Å². The number of carbonyl (C=O) groups is 4. The number of rotatable bonds is 10. The lowest BCUT2D eigenvalue weighted by atomic mass is 10.1. The molecule has 29 heavy (non-hydrogen) atoms. The maximum Gasteiger partial charge on any atom is 0.431 e. The summed E-state index contributed by atoms with van der Waals surface area (Å²) in [6, 6.07) is -1.08. The van der Waals surface area contributed by atoms with E-state index in [9.17, 15) is 24.3 Å². The molecule has 0 aromatic rings. The Kier molecular flexibility index (Phi) is 11.0. The molecule has 1 atom stereocenters. The highest BCUT2D eigenvalue weighted by Crippen LogP contribution is 2.08. The largest absolute Gasteiger partial charge is 0.480 e. The SMILES string of the molecule is CC(C)(C)OC(=O)NOCC(=O)NCCCC[C@H](NC(=O)OC(C)(C)C)C(=O)O. The van der Waals surface area contributed by atoms with Crippen molar-refractivity contribution in [2.45, 2.75) is 78.0 Å². The minimum absolute atomic E-state index is 0.182. The van der Waals surface area contributed by atoms with Crippen LogP contribution in [0.5, 0.6) is 0 Å². The summed E-state index contributed by atoms with van der Waals surface area (Å²) in [4.78, 5) is 50.6. The molecule has 168 valence electrons. The second kappa shape index (κ2) is 12.1.